The first-order valence-electron chi connectivity index (χ1n) is 13.1. The summed E-state index contributed by atoms with van der Waals surface area (Å²) in [5.74, 6) is 1.86. The molecule has 2 heterocycles. The molecule has 5 rings (SSSR count). The number of carbonyl (C=O) groups is 2. The minimum absolute atomic E-state index is 0.106. The highest BCUT2D eigenvalue weighted by atomic mass is 16.2. The van der Waals surface area contributed by atoms with Crippen molar-refractivity contribution in [1.29, 1.82) is 0 Å². The van der Waals surface area contributed by atoms with Crippen molar-refractivity contribution in [1.82, 2.24) is 15.0 Å². The van der Waals surface area contributed by atoms with E-state index < -0.39 is 0 Å². The first-order valence-corrected chi connectivity index (χ1v) is 13.1. The molecule has 1 aliphatic carbocycles. The molecule has 0 spiro atoms. The zero-order valence-electron chi connectivity index (χ0n) is 22.0. The largest absolute Gasteiger partial charge is 0.337 e. The van der Waals surface area contributed by atoms with Crippen LogP contribution in [-0.4, -0.2) is 26.8 Å². The lowest BCUT2D eigenvalue weighted by molar-refractivity contribution is -0.121. The van der Waals surface area contributed by atoms with Crippen molar-refractivity contribution in [3.63, 3.8) is 0 Å². The number of nitrogens with one attached hydrogen (secondary N) is 3. The molecule has 2 aromatic carbocycles. The summed E-state index contributed by atoms with van der Waals surface area (Å²) in [4.78, 5) is 37.4. The van der Waals surface area contributed by atoms with Crippen LogP contribution < -0.4 is 10.6 Å². The summed E-state index contributed by atoms with van der Waals surface area (Å²) in [6.07, 6.45) is 5.83. The maximum Gasteiger partial charge on any atom is 0.256 e. The summed E-state index contributed by atoms with van der Waals surface area (Å²) in [5, 5.41) is 5.88. The van der Waals surface area contributed by atoms with Gasteiger partial charge in [-0.3, -0.25) is 9.59 Å². The Kier molecular flexibility index (Phi) is 8.33. The Bertz CT molecular complexity index is 1350. The van der Waals surface area contributed by atoms with Gasteiger partial charge in [-0.1, -0.05) is 38.5 Å². The number of aryl methyl sites for hydroxylation is 1. The van der Waals surface area contributed by atoms with Crippen LogP contribution in [-0.2, 0) is 4.79 Å². The molecule has 192 valence electrons. The summed E-state index contributed by atoms with van der Waals surface area (Å²) in [6, 6.07) is 16.8. The molecule has 3 N–H and O–H groups in total. The molecule has 0 radical (unpaired) electrons. The van der Waals surface area contributed by atoms with Crippen molar-refractivity contribution in [2.24, 2.45) is 11.8 Å². The molecule has 1 fully saturated rings. The fraction of sp³-hybridized carbons (Fsp3) is 0.333. The number of nitrogens with zero attached hydrogens (tertiary/aromatic N) is 2. The van der Waals surface area contributed by atoms with Gasteiger partial charge in [-0.05, 0) is 74.9 Å². The molecular formula is C30H35N5O2. The molecule has 1 aliphatic rings. The number of rotatable bonds is 5. The van der Waals surface area contributed by atoms with Crippen LogP contribution in [0.1, 0.15) is 62.4 Å². The van der Waals surface area contributed by atoms with Gasteiger partial charge in [0.2, 0.25) is 5.91 Å². The molecule has 0 unspecified atom stereocenters. The SMILES string of the molecule is CC.Cc1ccc(C(=O)Nc2cc3nc(-c4ccc(NC(=O)C5CCC(C)CC5)cc4)[nH]c3cn2)cc1. The highest BCUT2D eigenvalue weighted by molar-refractivity contribution is 6.04. The summed E-state index contributed by atoms with van der Waals surface area (Å²) in [5.41, 5.74) is 4.84. The Morgan fingerprint density at radius 3 is 2.27 bits per heavy atom. The number of hydrogen-bond donors (Lipinski definition) is 3. The zero-order valence-corrected chi connectivity index (χ0v) is 22.0. The Balaban J connectivity index is 0.00000156. The molecule has 7 nitrogen and oxygen atoms in total. The Labute approximate surface area is 218 Å². The number of amides is 2. The minimum Gasteiger partial charge on any atom is -0.337 e. The van der Waals surface area contributed by atoms with Crippen molar-refractivity contribution < 1.29 is 9.59 Å². The predicted molar refractivity (Wildman–Crippen MR) is 150 cm³/mol. The summed E-state index contributed by atoms with van der Waals surface area (Å²) in [6.45, 7) is 8.23. The van der Waals surface area contributed by atoms with Crippen LogP contribution in [0.5, 0.6) is 0 Å². The molecule has 0 bridgehead atoms. The fourth-order valence-corrected chi connectivity index (χ4v) is 4.49. The van der Waals surface area contributed by atoms with E-state index in [1.54, 1.807) is 24.4 Å². The van der Waals surface area contributed by atoms with Gasteiger partial charge >= 0.3 is 0 Å². The van der Waals surface area contributed by atoms with E-state index in [-0.39, 0.29) is 17.7 Å². The van der Waals surface area contributed by atoms with E-state index >= 15 is 0 Å². The first kappa shape index (κ1) is 26.1. The second-order valence-corrected chi connectivity index (χ2v) is 9.52. The Hall–Kier alpha value is -4.00. The van der Waals surface area contributed by atoms with E-state index in [4.69, 9.17) is 0 Å². The van der Waals surface area contributed by atoms with Crippen molar-refractivity contribution in [2.45, 2.75) is 53.4 Å². The van der Waals surface area contributed by atoms with E-state index in [0.29, 0.717) is 22.7 Å². The molecule has 1 saturated carbocycles. The lowest BCUT2D eigenvalue weighted by atomic mass is 9.82. The molecule has 2 amide bonds. The van der Waals surface area contributed by atoms with Crippen LogP contribution >= 0.6 is 0 Å². The van der Waals surface area contributed by atoms with Crippen LogP contribution in [0.25, 0.3) is 22.4 Å². The van der Waals surface area contributed by atoms with E-state index in [1.807, 2.05) is 57.2 Å². The number of imidazole rings is 1. The lowest BCUT2D eigenvalue weighted by Crippen LogP contribution is -2.26. The monoisotopic (exact) mass is 497 g/mol. The Morgan fingerprint density at radius 1 is 0.919 bits per heavy atom. The number of H-pyrrole nitrogens is 1. The van der Waals surface area contributed by atoms with E-state index in [0.717, 1.165) is 53.9 Å². The standard InChI is InChI=1S/C28H29N5O2.C2H6/c1-17-3-7-20(8-4-17)27(34)30-22-13-11-19(12-14-22)26-31-23-15-25(29-16-24(23)32-26)33-28(35)21-9-5-18(2)6-10-21;1-2/h5-6,9-17,20H,3-4,7-8H2,1-2H3,(H,30,34)(H,31,32)(H,29,33,35);1-2H3. The third-order valence-corrected chi connectivity index (χ3v) is 6.74. The topological polar surface area (TPSA) is 99.8 Å². The van der Waals surface area contributed by atoms with E-state index in [2.05, 4.69) is 32.5 Å². The molecule has 4 aromatic rings. The number of hydrogen-bond acceptors (Lipinski definition) is 4. The van der Waals surface area contributed by atoms with Gasteiger partial charge in [0.15, 0.2) is 0 Å². The normalized spacial score (nSPS) is 17.0. The smallest absolute Gasteiger partial charge is 0.256 e. The van der Waals surface area contributed by atoms with E-state index in [1.165, 1.54) is 0 Å². The van der Waals surface area contributed by atoms with Gasteiger partial charge < -0.3 is 15.6 Å². The number of aromatic amines is 1. The fourth-order valence-electron chi connectivity index (χ4n) is 4.49. The quantitative estimate of drug-likeness (QED) is 0.277. The van der Waals surface area contributed by atoms with Gasteiger partial charge in [-0.2, -0.15) is 0 Å². The summed E-state index contributed by atoms with van der Waals surface area (Å²) >= 11 is 0. The van der Waals surface area contributed by atoms with Gasteiger partial charge in [-0.15, -0.1) is 0 Å². The number of pyridine rings is 1. The third-order valence-electron chi connectivity index (χ3n) is 6.74. The molecule has 7 heteroatoms. The van der Waals surface area contributed by atoms with Gasteiger partial charge in [0.1, 0.15) is 11.6 Å². The average molecular weight is 498 g/mol. The second kappa shape index (κ2) is 11.8. The molecule has 0 atom stereocenters. The summed E-state index contributed by atoms with van der Waals surface area (Å²) < 4.78 is 0. The number of anilines is 2. The maximum absolute atomic E-state index is 12.6. The van der Waals surface area contributed by atoms with Crippen LogP contribution in [0.4, 0.5) is 11.5 Å². The van der Waals surface area contributed by atoms with Crippen molar-refractivity contribution in [3.05, 3.63) is 71.9 Å². The maximum atomic E-state index is 12.6. The highest BCUT2D eigenvalue weighted by Crippen LogP contribution is 2.29. The lowest BCUT2D eigenvalue weighted by Gasteiger charge is -2.25. The van der Waals surface area contributed by atoms with Crippen LogP contribution in [0, 0.1) is 18.8 Å². The molecule has 37 heavy (non-hydrogen) atoms. The average Bonchev–Trinajstić information content (AvgIpc) is 3.34. The van der Waals surface area contributed by atoms with Gasteiger partial charge in [-0.25, -0.2) is 9.97 Å². The summed E-state index contributed by atoms with van der Waals surface area (Å²) in [7, 11) is 0. The molecule has 0 aliphatic heterocycles. The van der Waals surface area contributed by atoms with Crippen molar-refractivity contribution >= 4 is 34.4 Å². The third kappa shape index (κ3) is 6.42. The Morgan fingerprint density at radius 2 is 1.59 bits per heavy atom. The molecule has 2 aromatic heterocycles. The molecular weight excluding hydrogens is 462 g/mol. The van der Waals surface area contributed by atoms with Crippen molar-refractivity contribution in [2.75, 3.05) is 10.6 Å². The number of carbonyl (C=O) groups excluding carboxylic acids is 2. The predicted octanol–water partition coefficient (Wildman–Crippen LogP) is 6.98. The van der Waals surface area contributed by atoms with Gasteiger partial charge in [0.05, 0.1) is 17.2 Å². The second-order valence-electron chi connectivity index (χ2n) is 9.52. The van der Waals surface area contributed by atoms with Gasteiger partial charge in [0.25, 0.3) is 5.91 Å². The van der Waals surface area contributed by atoms with Crippen molar-refractivity contribution in [3.8, 4) is 11.4 Å². The zero-order chi connectivity index (χ0) is 26.4. The van der Waals surface area contributed by atoms with E-state index in [9.17, 15) is 9.59 Å². The first-order chi connectivity index (χ1) is 17.9. The number of fused-ring (bicyclic) bond motifs is 1. The van der Waals surface area contributed by atoms with Crippen LogP contribution in [0.15, 0.2) is 60.8 Å². The highest BCUT2D eigenvalue weighted by Gasteiger charge is 2.24. The van der Waals surface area contributed by atoms with Crippen LogP contribution in [0.2, 0.25) is 0 Å². The number of benzene rings is 2. The van der Waals surface area contributed by atoms with Gasteiger partial charge in [0, 0.05) is 28.8 Å². The van der Waals surface area contributed by atoms with Crippen LogP contribution in [0.3, 0.4) is 0 Å². The number of aromatic nitrogens is 3. The molecule has 0 saturated heterocycles. The minimum atomic E-state index is -0.215.